The number of aryl methyl sites for hydroxylation is 1. The number of benzene rings is 1. The zero-order valence-electron chi connectivity index (χ0n) is 20.3. The fraction of sp³-hybridized carbons (Fsp3) is 0.680. The van der Waals surface area contributed by atoms with Crippen molar-refractivity contribution in [2.75, 3.05) is 13.1 Å². The molecule has 2 N–H and O–H groups in total. The lowest BCUT2D eigenvalue weighted by Crippen LogP contribution is -2.50. The van der Waals surface area contributed by atoms with Gasteiger partial charge >= 0.3 is 18.0 Å². The van der Waals surface area contributed by atoms with Gasteiger partial charge in [-0.1, -0.05) is 18.2 Å². The van der Waals surface area contributed by atoms with Crippen molar-refractivity contribution in [3.63, 3.8) is 0 Å². The van der Waals surface area contributed by atoms with Gasteiger partial charge in [0.25, 0.3) is 0 Å². The number of nitrogens with zero attached hydrogens (tertiary/aromatic N) is 1. The van der Waals surface area contributed by atoms with Crippen LogP contribution in [0.4, 0.5) is 30.7 Å². The van der Waals surface area contributed by atoms with Crippen LogP contribution in [0.1, 0.15) is 62.1 Å². The summed E-state index contributed by atoms with van der Waals surface area (Å²) in [6.07, 6.45) is -10.6. The summed E-state index contributed by atoms with van der Waals surface area (Å²) in [5, 5.41) is 13.0. The van der Waals surface area contributed by atoms with Crippen molar-refractivity contribution in [3.8, 4) is 0 Å². The molecule has 1 saturated carbocycles. The van der Waals surface area contributed by atoms with Gasteiger partial charge in [-0.2, -0.15) is 26.3 Å². The highest BCUT2D eigenvalue weighted by atomic mass is 19.4. The molecule has 37 heavy (non-hydrogen) atoms. The van der Waals surface area contributed by atoms with Crippen molar-refractivity contribution in [2.24, 2.45) is 11.8 Å². The fourth-order valence-electron chi connectivity index (χ4n) is 6.11. The number of alkyl halides is 7. The lowest BCUT2D eigenvalue weighted by atomic mass is 9.74. The average Bonchev–Trinajstić information content (AvgIpc) is 3.33. The van der Waals surface area contributed by atoms with Crippen LogP contribution in [0, 0.1) is 11.8 Å². The molecule has 2 fully saturated rings. The van der Waals surface area contributed by atoms with Gasteiger partial charge in [0.15, 0.2) is 0 Å². The molecule has 1 aromatic carbocycles. The van der Waals surface area contributed by atoms with Crippen LogP contribution in [0.25, 0.3) is 0 Å². The second kappa shape index (κ2) is 9.13. The standard InChI is InChI=1S/C25H29F7N2O3/c1-22(2,37)12-34-11-14(10-20(34)35)21(36)33-19-8-7-17-16-6-4-15(9-13(16)3-5-18(17)19)23(26,24(27,28)29)25(30,31)32/h4,6,9,14,17-19,37H,3,5,7-8,10-12H2,1-2H3,(H,33,36)/t14-,17+,18-,19-/m1/s1. The fourth-order valence-corrected chi connectivity index (χ4v) is 6.11. The summed E-state index contributed by atoms with van der Waals surface area (Å²) in [6, 6.07) is 2.14. The Morgan fingerprint density at radius 1 is 1.05 bits per heavy atom. The number of nitrogens with one attached hydrogen (secondary N) is 1. The Balaban J connectivity index is 1.47. The van der Waals surface area contributed by atoms with Gasteiger partial charge in [-0.25, -0.2) is 4.39 Å². The van der Waals surface area contributed by atoms with Gasteiger partial charge in [-0.15, -0.1) is 0 Å². The molecule has 0 bridgehead atoms. The molecule has 206 valence electrons. The lowest BCUT2D eigenvalue weighted by molar-refractivity contribution is -0.348. The Labute approximate surface area is 209 Å². The number of hydrogen-bond donors (Lipinski definition) is 2. The number of carbonyl (C=O) groups is 2. The molecule has 0 unspecified atom stereocenters. The molecular formula is C25H29F7N2O3. The number of amides is 2. The van der Waals surface area contributed by atoms with Gasteiger partial charge in [0.1, 0.15) is 0 Å². The minimum absolute atomic E-state index is 0.0255. The Bertz CT molecular complexity index is 1050. The van der Waals surface area contributed by atoms with E-state index in [-0.39, 0.29) is 61.2 Å². The number of aliphatic hydroxyl groups is 1. The maximum atomic E-state index is 14.5. The van der Waals surface area contributed by atoms with Crippen LogP contribution in [0.15, 0.2) is 18.2 Å². The zero-order valence-corrected chi connectivity index (χ0v) is 20.3. The molecule has 0 radical (unpaired) electrons. The van der Waals surface area contributed by atoms with Crippen molar-refractivity contribution in [3.05, 3.63) is 34.9 Å². The first-order valence-electron chi connectivity index (χ1n) is 12.2. The number of halogens is 7. The van der Waals surface area contributed by atoms with Crippen LogP contribution >= 0.6 is 0 Å². The summed E-state index contributed by atoms with van der Waals surface area (Å²) in [6.45, 7) is 3.42. The highest BCUT2D eigenvalue weighted by Crippen LogP contribution is 2.54. The topological polar surface area (TPSA) is 69.6 Å². The summed E-state index contributed by atoms with van der Waals surface area (Å²) >= 11 is 0. The van der Waals surface area contributed by atoms with Crippen LogP contribution in [-0.4, -0.2) is 58.9 Å². The summed E-state index contributed by atoms with van der Waals surface area (Å²) in [5.41, 5.74) is -7.21. The third-order valence-electron chi connectivity index (χ3n) is 7.78. The van der Waals surface area contributed by atoms with E-state index in [4.69, 9.17) is 0 Å². The minimum Gasteiger partial charge on any atom is -0.389 e. The van der Waals surface area contributed by atoms with Crippen LogP contribution in [0.3, 0.4) is 0 Å². The van der Waals surface area contributed by atoms with E-state index >= 15 is 0 Å². The number of fused-ring (bicyclic) bond motifs is 3. The van der Waals surface area contributed by atoms with Gasteiger partial charge in [-0.3, -0.25) is 9.59 Å². The molecule has 0 aromatic heterocycles. The van der Waals surface area contributed by atoms with Crippen LogP contribution in [0.2, 0.25) is 0 Å². The second-order valence-corrected chi connectivity index (χ2v) is 11.1. The van der Waals surface area contributed by atoms with E-state index in [1.165, 1.54) is 4.90 Å². The molecule has 3 aliphatic rings. The van der Waals surface area contributed by atoms with Crippen LogP contribution in [0.5, 0.6) is 0 Å². The molecule has 1 aromatic rings. The molecule has 12 heteroatoms. The molecule has 5 nitrogen and oxygen atoms in total. The van der Waals surface area contributed by atoms with Gasteiger partial charge in [0.05, 0.1) is 11.5 Å². The summed E-state index contributed by atoms with van der Waals surface area (Å²) in [5.74, 6) is -1.36. The van der Waals surface area contributed by atoms with Crippen molar-refractivity contribution in [1.29, 1.82) is 0 Å². The predicted octanol–water partition coefficient (Wildman–Crippen LogP) is 4.52. The van der Waals surface area contributed by atoms with Crippen LogP contribution in [-0.2, 0) is 21.7 Å². The van der Waals surface area contributed by atoms with E-state index in [0.717, 1.165) is 6.07 Å². The van der Waals surface area contributed by atoms with Gasteiger partial charge in [-0.05, 0) is 62.5 Å². The first-order chi connectivity index (χ1) is 16.9. The first kappa shape index (κ1) is 27.7. The zero-order chi connectivity index (χ0) is 27.6. The quantitative estimate of drug-likeness (QED) is 0.542. The van der Waals surface area contributed by atoms with E-state index < -0.39 is 35.1 Å². The molecule has 1 aliphatic heterocycles. The monoisotopic (exact) mass is 538 g/mol. The number of likely N-dealkylation sites (tertiary alicyclic amines) is 1. The SMILES string of the molecule is CC(C)(O)CN1C[C@H](C(=O)N[C@@H]2CC[C@H]3c4ccc(C(F)(C(F)(F)F)C(F)(F)F)cc4CC[C@@H]23)CC1=O. The van der Waals surface area contributed by atoms with E-state index in [2.05, 4.69) is 5.32 Å². The number of β-amino-alcohol motifs (C(OH)–C–C–N with tert-alkyl or cyclic N) is 1. The minimum atomic E-state index is -6.16. The second-order valence-electron chi connectivity index (χ2n) is 11.1. The largest absolute Gasteiger partial charge is 0.435 e. The Morgan fingerprint density at radius 3 is 2.30 bits per heavy atom. The molecular weight excluding hydrogens is 509 g/mol. The molecule has 2 amide bonds. The Hall–Kier alpha value is -2.37. The summed E-state index contributed by atoms with van der Waals surface area (Å²) in [4.78, 5) is 26.6. The maximum absolute atomic E-state index is 14.5. The molecule has 0 spiro atoms. The first-order valence-corrected chi connectivity index (χ1v) is 12.2. The van der Waals surface area contributed by atoms with Gasteiger partial charge in [0.2, 0.25) is 11.8 Å². The van der Waals surface area contributed by atoms with Crippen molar-refractivity contribution >= 4 is 11.8 Å². The van der Waals surface area contributed by atoms with E-state index in [0.29, 0.717) is 37.0 Å². The molecule has 1 saturated heterocycles. The van der Waals surface area contributed by atoms with E-state index in [1.807, 2.05) is 0 Å². The third kappa shape index (κ3) is 5.05. The molecule has 2 aliphatic carbocycles. The molecule has 4 atom stereocenters. The average molecular weight is 539 g/mol. The normalized spacial score (nSPS) is 26.8. The highest BCUT2D eigenvalue weighted by Gasteiger charge is 2.73. The summed E-state index contributed by atoms with van der Waals surface area (Å²) < 4.78 is 93.7. The van der Waals surface area contributed by atoms with E-state index in [9.17, 15) is 45.4 Å². The van der Waals surface area contributed by atoms with Crippen molar-refractivity contribution in [2.45, 2.75) is 81.5 Å². The van der Waals surface area contributed by atoms with Crippen molar-refractivity contribution < 1.29 is 45.4 Å². The molecule has 4 rings (SSSR count). The summed E-state index contributed by atoms with van der Waals surface area (Å²) in [7, 11) is 0. The Kier molecular flexibility index (Phi) is 6.82. The maximum Gasteiger partial charge on any atom is 0.435 e. The number of hydrogen-bond acceptors (Lipinski definition) is 3. The van der Waals surface area contributed by atoms with Crippen molar-refractivity contribution in [1.82, 2.24) is 10.2 Å². The number of rotatable bonds is 5. The predicted molar refractivity (Wildman–Crippen MR) is 118 cm³/mol. The molecule has 1 heterocycles. The Morgan fingerprint density at radius 2 is 1.70 bits per heavy atom. The van der Waals surface area contributed by atoms with Gasteiger partial charge in [0, 0.05) is 31.1 Å². The third-order valence-corrected chi connectivity index (χ3v) is 7.78. The van der Waals surface area contributed by atoms with Gasteiger partial charge < -0.3 is 15.3 Å². The highest BCUT2D eigenvalue weighted by molar-refractivity contribution is 5.89. The smallest absolute Gasteiger partial charge is 0.389 e. The van der Waals surface area contributed by atoms with E-state index in [1.54, 1.807) is 13.8 Å². The number of carbonyl (C=O) groups excluding carboxylic acids is 2. The van der Waals surface area contributed by atoms with Crippen LogP contribution < -0.4 is 5.32 Å². The lowest BCUT2D eigenvalue weighted by Gasteiger charge is -2.34.